The number of ether oxygens (including phenoxy) is 1. The molecule has 0 aromatic carbocycles. The number of hydrogen-bond donors (Lipinski definition) is 1. The molecule has 0 aliphatic carbocycles. The molecule has 1 heterocycles. The molecule has 0 saturated carbocycles. The standard InChI is InChI=1S/C7H13NO2/c1-6(9)8-7-2-4-10-5-3-7/h7H,2-5H2,1H3,(H,8,9). The van der Waals surface area contributed by atoms with Gasteiger partial charge in [0.15, 0.2) is 0 Å². The lowest BCUT2D eigenvalue weighted by Crippen LogP contribution is -2.37. The number of hydrogen-bond acceptors (Lipinski definition) is 2. The summed E-state index contributed by atoms with van der Waals surface area (Å²) in [7, 11) is 0. The van der Waals surface area contributed by atoms with Crippen molar-refractivity contribution >= 4 is 5.91 Å². The van der Waals surface area contributed by atoms with Crippen molar-refractivity contribution < 1.29 is 9.53 Å². The summed E-state index contributed by atoms with van der Waals surface area (Å²) >= 11 is 0. The van der Waals surface area contributed by atoms with Gasteiger partial charge in [0.25, 0.3) is 0 Å². The van der Waals surface area contributed by atoms with Gasteiger partial charge in [-0.15, -0.1) is 0 Å². The van der Waals surface area contributed by atoms with Crippen LogP contribution in [0.25, 0.3) is 0 Å². The van der Waals surface area contributed by atoms with Crippen molar-refractivity contribution in [1.82, 2.24) is 5.32 Å². The Bertz CT molecular complexity index is 119. The quantitative estimate of drug-likeness (QED) is 0.573. The molecule has 1 N–H and O–H groups in total. The summed E-state index contributed by atoms with van der Waals surface area (Å²) in [5.41, 5.74) is 0. The fourth-order valence-electron chi connectivity index (χ4n) is 1.13. The van der Waals surface area contributed by atoms with Gasteiger partial charge in [0.1, 0.15) is 0 Å². The zero-order chi connectivity index (χ0) is 7.40. The Kier molecular flexibility index (Phi) is 2.68. The Morgan fingerprint density at radius 1 is 1.50 bits per heavy atom. The van der Waals surface area contributed by atoms with E-state index in [1.807, 2.05) is 0 Å². The van der Waals surface area contributed by atoms with Crippen LogP contribution in [0.4, 0.5) is 0 Å². The van der Waals surface area contributed by atoms with Crippen molar-refractivity contribution in [3.05, 3.63) is 0 Å². The van der Waals surface area contributed by atoms with Crippen LogP contribution < -0.4 is 5.32 Å². The van der Waals surface area contributed by atoms with Gasteiger partial charge in [-0.05, 0) is 12.8 Å². The zero-order valence-electron chi connectivity index (χ0n) is 6.22. The maximum absolute atomic E-state index is 10.6. The lowest BCUT2D eigenvalue weighted by atomic mass is 10.1. The Morgan fingerprint density at radius 2 is 2.10 bits per heavy atom. The monoisotopic (exact) mass is 143 g/mol. The van der Waals surface area contributed by atoms with Crippen LogP contribution in [0, 0.1) is 0 Å². The van der Waals surface area contributed by atoms with E-state index in [0.717, 1.165) is 26.1 Å². The summed E-state index contributed by atoms with van der Waals surface area (Å²) in [5, 5.41) is 2.86. The van der Waals surface area contributed by atoms with Crippen molar-refractivity contribution in [2.45, 2.75) is 25.8 Å². The third-order valence-electron chi connectivity index (χ3n) is 1.63. The third-order valence-corrected chi connectivity index (χ3v) is 1.63. The summed E-state index contributed by atoms with van der Waals surface area (Å²) < 4.78 is 5.13. The van der Waals surface area contributed by atoms with Crippen LogP contribution in [0.15, 0.2) is 0 Å². The molecule has 1 amide bonds. The first-order chi connectivity index (χ1) is 4.79. The molecule has 0 aromatic rings. The molecule has 1 aliphatic heterocycles. The summed E-state index contributed by atoms with van der Waals surface area (Å²) in [6, 6.07) is 0.353. The highest BCUT2D eigenvalue weighted by Crippen LogP contribution is 2.05. The highest BCUT2D eigenvalue weighted by atomic mass is 16.5. The molecule has 10 heavy (non-hydrogen) atoms. The minimum absolute atomic E-state index is 0.0619. The van der Waals surface area contributed by atoms with Gasteiger partial charge >= 0.3 is 0 Å². The summed E-state index contributed by atoms with van der Waals surface area (Å²) in [4.78, 5) is 10.6. The molecule has 1 saturated heterocycles. The molecule has 1 aliphatic rings. The van der Waals surface area contributed by atoms with Crippen LogP contribution in [0.2, 0.25) is 0 Å². The first-order valence-electron chi connectivity index (χ1n) is 3.64. The number of carbonyl (C=O) groups is 1. The Labute approximate surface area is 60.7 Å². The maximum atomic E-state index is 10.6. The lowest BCUT2D eigenvalue weighted by molar-refractivity contribution is -0.120. The van der Waals surface area contributed by atoms with Crippen molar-refractivity contribution in [2.75, 3.05) is 13.2 Å². The largest absolute Gasteiger partial charge is 0.381 e. The van der Waals surface area contributed by atoms with Crippen molar-refractivity contribution in [3.63, 3.8) is 0 Å². The predicted octanol–water partition coefficient (Wildman–Crippen LogP) is 0.301. The normalized spacial score (nSPS) is 20.5. The summed E-state index contributed by atoms with van der Waals surface area (Å²) in [6.45, 7) is 3.12. The van der Waals surface area contributed by atoms with Gasteiger partial charge in [-0.1, -0.05) is 0 Å². The van der Waals surface area contributed by atoms with E-state index in [-0.39, 0.29) is 5.91 Å². The van der Waals surface area contributed by atoms with Crippen LogP contribution in [0.5, 0.6) is 0 Å². The molecule has 3 nitrogen and oxygen atoms in total. The number of nitrogens with one attached hydrogen (secondary N) is 1. The Hall–Kier alpha value is -0.570. The maximum Gasteiger partial charge on any atom is 0.217 e. The summed E-state index contributed by atoms with van der Waals surface area (Å²) in [5.74, 6) is 0.0619. The van der Waals surface area contributed by atoms with E-state index in [1.54, 1.807) is 6.92 Å². The molecule has 0 spiro atoms. The SMILES string of the molecule is CC(=O)NC1CCOCC1. The fraction of sp³-hybridized carbons (Fsp3) is 0.857. The molecular weight excluding hydrogens is 130 g/mol. The second kappa shape index (κ2) is 3.56. The van der Waals surface area contributed by atoms with Gasteiger partial charge in [0, 0.05) is 26.2 Å². The second-order valence-electron chi connectivity index (χ2n) is 2.59. The van der Waals surface area contributed by atoms with Gasteiger partial charge in [0.05, 0.1) is 0 Å². The molecule has 1 fully saturated rings. The Balaban J connectivity index is 2.19. The van der Waals surface area contributed by atoms with E-state index in [4.69, 9.17) is 4.74 Å². The molecule has 0 bridgehead atoms. The van der Waals surface area contributed by atoms with Gasteiger partial charge in [-0.25, -0.2) is 0 Å². The molecule has 0 unspecified atom stereocenters. The van der Waals surface area contributed by atoms with Gasteiger partial charge < -0.3 is 10.1 Å². The number of rotatable bonds is 1. The average molecular weight is 143 g/mol. The number of amides is 1. The van der Waals surface area contributed by atoms with Crippen molar-refractivity contribution in [3.8, 4) is 0 Å². The topological polar surface area (TPSA) is 38.3 Å². The van der Waals surface area contributed by atoms with Crippen LogP contribution in [0.1, 0.15) is 19.8 Å². The van der Waals surface area contributed by atoms with Gasteiger partial charge in [0.2, 0.25) is 5.91 Å². The molecule has 3 heteroatoms. The van der Waals surface area contributed by atoms with Crippen LogP contribution in [-0.4, -0.2) is 25.2 Å². The molecule has 58 valence electrons. The van der Waals surface area contributed by atoms with E-state index >= 15 is 0 Å². The molecule has 0 radical (unpaired) electrons. The van der Waals surface area contributed by atoms with Crippen molar-refractivity contribution in [2.24, 2.45) is 0 Å². The molecule has 1 rings (SSSR count). The summed E-state index contributed by atoms with van der Waals surface area (Å²) in [6.07, 6.45) is 1.92. The van der Waals surface area contributed by atoms with E-state index in [9.17, 15) is 4.79 Å². The minimum Gasteiger partial charge on any atom is -0.381 e. The van der Waals surface area contributed by atoms with Crippen molar-refractivity contribution in [1.29, 1.82) is 0 Å². The third kappa shape index (κ3) is 2.35. The minimum atomic E-state index is 0.0619. The first-order valence-corrected chi connectivity index (χ1v) is 3.64. The smallest absolute Gasteiger partial charge is 0.217 e. The predicted molar refractivity (Wildman–Crippen MR) is 37.7 cm³/mol. The van der Waals surface area contributed by atoms with Gasteiger partial charge in [-0.2, -0.15) is 0 Å². The van der Waals surface area contributed by atoms with Crippen LogP contribution >= 0.6 is 0 Å². The Morgan fingerprint density at radius 3 is 2.60 bits per heavy atom. The second-order valence-corrected chi connectivity index (χ2v) is 2.59. The van der Waals surface area contributed by atoms with Crippen LogP contribution in [0.3, 0.4) is 0 Å². The molecule has 0 atom stereocenters. The van der Waals surface area contributed by atoms with Crippen LogP contribution in [-0.2, 0) is 9.53 Å². The van der Waals surface area contributed by atoms with E-state index in [2.05, 4.69) is 5.32 Å². The first kappa shape index (κ1) is 7.54. The van der Waals surface area contributed by atoms with Gasteiger partial charge in [-0.3, -0.25) is 4.79 Å². The van der Waals surface area contributed by atoms with E-state index < -0.39 is 0 Å². The fourth-order valence-corrected chi connectivity index (χ4v) is 1.13. The highest BCUT2D eigenvalue weighted by Gasteiger charge is 2.13. The van der Waals surface area contributed by atoms with E-state index in [0.29, 0.717) is 6.04 Å². The number of carbonyl (C=O) groups excluding carboxylic acids is 1. The average Bonchev–Trinajstić information content (AvgIpc) is 1.88. The molecular formula is C7H13NO2. The highest BCUT2D eigenvalue weighted by molar-refractivity contribution is 5.73. The lowest BCUT2D eigenvalue weighted by Gasteiger charge is -2.22. The molecule has 0 aromatic heterocycles. The zero-order valence-corrected chi connectivity index (χ0v) is 6.22. The van der Waals surface area contributed by atoms with E-state index in [1.165, 1.54) is 0 Å².